The smallest absolute Gasteiger partial charge is 0.0568 e. The van der Waals surface area contributed by atoms with Gasteiger partial charge in [-0.2, -0.15) is 5.10 Å². The molecule has 3 rings (SSSR count). The molecule has 3 heteroatoms. The van der Waals surface area contributed by atoms with Crippen LogP contribution in [0.5, 0.6) is 0 Å². The largest absolute Gasteiger partial charge is 0.398 e. The second-order valence-corrected chi connectivity index (χ2v) is 5.09. The van der Waals surface area contributed by atoms with Crippen LogP contribution in [0.25, 0.3) is 21.9 Å². The summed E-state index contributed by atoms with van der Waals surface area (Å²) in [5.74, 6) is 0. The molecule has 102 valence electrons. The van der Waals surface area contributed by atoms with E-state index in [-0.39, 0.29) is 0 Å². The van der Waals surface area contributed by atoms with E-state index in [0.29, 0.717) is 0 Å². The quantitative estimate of drug-likeness (QED) is 0.722. The summed E-state index contributed by atoms with van der Waals surface area (Å²) in [6.07, 6.45) is 6.39. The van der Waals surface area contributed by atoms with Crippen molar-refractivity contribution in [3.63, 3.8) is 0 Å². The van der Waals surface area contributed by atoms with Gasteiger partial charge < -0.3 is 5.73 Å². The van der Waals surface area contributed by atoms with Crippen molar-refractivity contribution in [3.8, 4) is 11.1 Å². The first-order valence-electron chi connectivity index (χ1n) is 7.09. The topological polar surface area (TPSA) is 43.8 Å². The molecule has 0 spiro atoms. The number of hydrogen-bond acceptors (Lipinski definition) is 2. The van der Waals surface area contributed by atoms with Crippen LogP contribution < -0.4 is 5.73 Å². The van der Waals surface area contributed by atoms with E-state index in [2.05, 4.69) is 42.5 Å². The predicted octanol–water partition coefficient (Wildman–Crippen LogP) is 4.09. The van der Waals surface area contributed by atoms with Gasteiger partial charge in [-0.05, 0) is 23.4 Å². The average molecular weight is 265 g/mol. The Morgan fingerprint density at radius 1 is 1.10 bits per heavy atom. The van der Waals surface area contributed by atoms with E-state index < -0.39 is 0 Å². The molecule has 20 heavy (non-hydrogen) atoms. The summed E-state index contributed by atoms with van der Waals surface area (Å²) in [6, 6.07) is 12.3. The van der Waals surface area contributed by atoms with Crippen LogP contribution in [0.15, 0.2) is 48.8 Å². The van der Waals surface area contributed by atoms with Crippen LogP contribution >= 0.6 is 0 Å². The number of aromatic nitrogens is 2. The standard InChI is InChI=1S/C17H19N3/c1-2-3-10-20-12-13(11-19-20)14-6-4-8-16-15(14)7-5-9-17(16)18/h4-9,11-12H,2-3,10,18H2,1H3. The molecule has 2 N–H and O–H groups in total. The van der Waals surface area contributed by atoms with Crippen LogP contribution in [0.4, 0.5) is 5.69 Å². The SMILES string of the molecule is CCCCn1cc(-c2cccc3c(N)cccc23)cn1. The monoisotopic (exact) mass is 265 g/mol. The highest BCUT2D eigenvalue weighted by atomic mass is 15.3. The van der Waals surface area contributed by atoms with E-state index in [1.165, 1.54) is 17.4 Å². The Balaban J connectivity index is 2.06. The number of nitrogens with two attached hydrogens (primary N) is 1. The average Bonchev–Trinajstić information content (AvgIpc) is 2.94. The van der Waals surface area contributed by atoms with Gasteiger partial charge in [-0.15, -0.1) is 0 Å². The van der Waals surface area contributed by atoms with Crippen molar-refractivity contribution in [2.75, 3.05) is 5.73 Å². The summed E-state index contributed by atoms with van der Waals surface area (Å²) < 4.78 is 2.02. The Morgan fingerprint density at radius 3 is 2.75 bits per heavy atom. The molecule has 0 amide bonds. The lowest BCUT2D eigenvalue weighted by molar-refractivity contribution is 0.572. The van der Waals surface area contributed by atoms with Gasteiger partial charge in [-0.25, -0.2) is 0 Å². The molecule has 0 fully saturated rings. The van der Waals surface area contributed by atoms with Crippen LogP contribution in [-0.4, -0.2) is 9.78 Å². The zero-order valence-corrected chi connectivity index (χ0v) is 11.7. The summed E-state index contributed by atoms with van der Waals surface area (Å²) in [5, 5.41) is 6.73. The maximum Gasteiger partial charge on any atom is 0.0568 e. The van der Waals surface area contributed by atoms with Gasteiger partial charge in [0.2, 0.25) is 0 Å². The summed E-state index contributed by atoms with van der Waals surface area (Å²) in [5.41, 5.74) is 9.22. The van der Waals surface area contributed by atoms with E-state index >= 15 is 0 Å². The maximum absolute atomic E-state index is 6.05. The van der Waals surface area contributed by atoms with Crippen LogP contribution in [0.1, 0.15) is 19.8 Å². The van der Waals surface area contributed by atoms with Crippen molar-refractivity contribution in [3.05, 3.63) is 48.8 Å². The molecule has 0 aliphatic carbocycles. The molecule has 0 saturated heterocycles. The number of fused-ring (bicyclic) bond motifs is 1. The Hall–Kier alpha value is -2.29. The molecule has 0 unspecified atom stereocenters. The van der Waals surface area contributed by atoms with Crippen molar-refractivity contribution >= 4 is 16.5 Å². The number of rotatable bonds is 4. The highest BCUT2D eigenvalue weighted by molar-refractivity contribution is 6.02. The van der Waals surface area contributed by atoms with E-state index in [1.807, 2.05) is 23.0 Å². The number of anilines is 1. The molecular weight excluding hydrogens is 246 g/mol. The molecule has 0 bridgehead atoms. The van der Waals surface area contributed by atoms with Crippen molar-refractivity contribution < 1.29 is 0 Å². The van der Waals surface area contributed by atoms with Gasteiger partial charge in [0, 0.05) is 29.4 Å². The summed E-state index contributed by atoms with van der Waals surface area (Å²) in [7, 11) is 0. The highest BCUT2D eigenvalue weighted by Gasteiger charge is 2.07. The maximum atomic E-state index is 6.05. The first-order chi connectivity index (χ1) is 9.79. The summed E-state index contributed by atoms with van der Waals surface area (Å²) in [4.78, 5) is 0. The number of hydrogen-bond donors (Lipinski definition) is 1. The molecule has 0 aliphatic rings. The normalized spacial score (nSPS) is 11.1. The van der Waals surface area contributed by atoms with Crippen molar-refractivity contribution in [1.29, 1.82) is 0 Å². The third-order valence-corrected chi connectivity index (χ3v) is 3.64. The molecule has 3 aromatic rings. The van der Waals surface area contributed by atoms with E-state index in [0.717, 1.165) is 29.6 Å². The third kappa shape index (κ3) is 2.27. The van der Waals surface area contributed by atoms with E-state index in [9.17, 15) is 0 Å². The number of aryl methyl sites for hydroxylation is 1. The Bertz CT molecular complexity index is 728. The van der Waals surface area contributed by atoms with Crippen LogP contribution in [0.2, 0.25) is 0 Å². The van der Waals surface area contributed by atoms with Crippen molar-refractivity contribution in [2.45, 2.75) is 26.3 Å². The number of nitrogens with zero attached hydrogens (tertiary/aromatic N) is 2. The molecule has 0 radical (unpaired) electrons. The van der Waals surface area contributed by atoms with Crippen LogP contribution in [0, 0.1) is 0 Å². The molecule has 1 aromatic heterocycles. The highest BCUT2D eigenvalue weighted by Crippen LogP contribution is 2.31. The van der Waals surface area contributed by atoms with Gasteiger partial charge in [0.1, 0.15) is 0 Å². The predicted molar refractivity (Wildman–Crippen MR) is 84.5 cm³/mol. The number of benzene rings is 2. The first-order valence-corrected chi connectivity index (χ1v) is 7.09. The minimum atomic E-state index is 0.822. The van der Waals surface area contributed by atoms with E-state index in [4.69, 9.17) is 5.73 Å². The number of nitrogen functional groups attached to an aromatic ring is 1. The molecule has 1 heterocycles. The molecule has 0 saturated carbocycles. The third-order valence-electron chi connectivity index (χ3n) is 3.64. The van der Waals surface area contributed by atoms with Crippen molar-refractivity contribution in [2.24, 2.45) is 0 Å². The van der Waals surface area contributed by atoms with Crippen molar-refractivity contribution in [1.82, 2.24) is 9.78 Å². The Morgan fingerprint density at radius 2 is 1.90 bits per heavy atom. The van der Waals surface area contributed by atoms with E-state index in [1.54, 1.807) is 0 Å². The lowest BCUT2D eigenvalue weighted by Gasteiger charge is -2.06. The van der Waals surface area contributed by atoms with Gasteiger partial charge in [-0.1, -0.05) is 43.7 Å². The Labute approximate surface area is 119 Å². The van der Waals surface area contributed by atoms with Gasteiger partial charge in [-0.3, -0.25) is 4.68 Å². The van der Waals surface area contributed by atoms with Crippen LogP contribution in [0.3, 0.4) is 0 Å². The summed E-state index contributed by atoms with van der Waals surface area (Å²) in [6.45, 7) is 3.17. The van der Waals surface area contributed by atoms with Gasteiger partial charge in [0.05, 0.1) is 6.20 Å². The summed E-state index contributed by atoms with van der Waals surface area (Å²) >= 11 is 0. The zero-order chi connectivity index (χ0) is 13.9. The van der Waals surface area contributed by atoms with Gasteiger partial charge in [0.25, 0.3) is 0 Å². The van der Waals surface area contributed by atoms with Gasteiger partial charge >= 0.3 is 0 Å². The molecule has 2 aromatic carbocycles. The molecule has 0 aliphatic heterocycles. The number of unbranched alkanes of at least 4 members (excludes halogenated alkanes) is 1. The fraction of sp³-hybridized carbons (Fsp3) is 0.235. The van der Waals surface area contributed by atoms with Gasteiger partial charge in [0.15, 0.2) is 0 Å². The second-order valence-electron chi connectivity index (χ2n) is 5.09. The first kappa shape index (κ1) is 12.7. The second kappa shape index (κ2) is 5.37. The fourth-order valence-electron chi connectivity index (χ4n) is 2.53. The van der Waals surface area contributed by atoms with Crippen LogP contribution in [-0.2, 0) is 6.54 Å². The lowest BCUT2D eigenvalue weighted by Crippen LogP contribution is -1.96. The zero-order valence-electron chi connectivity index (χ0n) is 11.7. The fourth-order valence-corrected chi connectivity index (χ4v) is 2.53. The minimum absolute atomic E-state index is 0.822. The molecular formula is C17H19N3. The Kier molecular flexibility index (Phi) is 3.42. The lowest BCUT2D eigenvalue weighted by atomic mass is 10.00. The molecule has 3 nitrogen and oxygen atoms in total. The molecule has 0 atom stereocenters. The minimum Gasteiger partial charge on any atom is -0.398 e.